The quantitative estimate of drug-likeness (QED) is 0.564. The van der Waals surface area contributed by atoms with Crippen LogP contribution in [0.15, 0.2) is 47.9 Å². The van der Waals surface area contributed by atoms with Gasteiger partial charge in [0.05, 0.1) is 7.11 Å². The molecular formula is C17H13NO3S2. The molecule has 1 N–H and O–H groups in total. The standard InChI is InChI=1S/C17H13NO3S2/c1-21-17(20)15-12-6-2-3-7-13(12)23-16(15)18-14(19)9-8-11-5-4-10-22-11/h2-10H,1H3,(H,18,19)/b9-8+. The van der Waals surface area contributed by atoms with Crippen LogP contribution in [0.3, 0.4) is 0 Å². The van der Waals surface area contributed by atoms with Gasteiger partial charge in [0.15, 0.2) is 0 Å². The van der Waals surface area contributed by atoms with Crippen LogP contribution in [0.5, 0.6) is 0 Å². The molecule has 0 bridgehead atoms. The SMILES string of the molecule is COC(=O)c1c(NC(=O)/C=C/c2cccs2)sc2ccccc12. The number of fused-ring (bicyclic) bond motifs is 1. The van der Waals surface area contributed by atoms with Crippen LogP contribution < -0.4 is 5.32 Å². The summed E-state index contributed by atoms with van der Waals surface area (Å²) in [5.74, 6) is -0.741. The molecule has 0 saturated carbocycles. The molecule has 0 radical (unpaired) electrons. The monoisotopic (exact) mass is 343 g/mol. The Labute approximate surface area is 141 Å². The molecule has 0 aliphatic carbocycles. The van der Waals surface area contributed by atoms with Crippen molar-refractivity contribution in [3.8, 4) is 0 Å². The van der Waals surface area contributed by atoms with Gasteiger partial charge in [-0.25, -0.2) is 4.79 Å². The Morgan fingerprint density at radius 2 is 2.00 bits per heavy atom. The zero-order valence-electron chi connectivity index (χ0n) is 12.2. The van der Waals surface area contributed by atoms with E-state index in [1.807, 2.05) is 41.8 Å². The Morgan fingerprint density at radius 1 is 1.17 bits per heavy atom. The number of esters is 1. The molecule has 6 heteroatoms. The molecule has 116 valence electrons. The van der Waals surface area contributed by atoms with Crippen molar-refractivity contribution in [3.63, 3.8) is 0 Å². The number of methoxy groups -OCH3 is 1. The molecule has 3 aromatic rings. The number of rotatable bonds is 4. The smallest absolute Gasteiger partial charge is 0.341 e. The molecule has 0 atom stereocenters. The minimum Gasteiger partial charge on any atom is -0.465 e. The van der Waals surface area contributed by atoms with Gasteiger partial charge >= 0.3 is 5.97 Å². The second-order valence-corrected chi connectivity index (χ2v) is 6.66. The largest absolute Gasteiger partial charge is 0.465 e. The van der Waals surface area contributed by atoms with E-state index in [0.29, 0.717) is 10.6 Å². The van der Waals surface area contributed by atoms with Crippen molar-refractivity contribution in [1.29, 1.82) is 0 Å². The summed E-state index contributed by atoms with van der Waals surface area (Å²) in [5, 5.41) is 6.00. The van der Waals surface area contributed by atoms with Crippen LogP contribution in [0.4, 0.5) is 5.00 Å². The Morgan fingerprint density at radius 3 is 2.74 bits per heavy atom. The molecule has 0 fully saturated rings. The number of hydrogen-bond donors (Lipinski definition) is 1. The summed E-state index contributed by atoms with van der Waals surface area (Å²) >= 11 is 2.90. The molecule has 0 aliphatic heterocycles. The lowest BCUT2D eigenvalue weighted by Crippen LogP contribution is -2.10. The average molecular weight is 343 g/mol. The van der Waals surface area contributed by atoms with Gasteiger partial charge in [-0.15, -0.1) is 22.7 Å². The van der Waals surface area contributed by atoms with Crippen molar-refractivity contribution in [2.24, 2.45) is 0 Å². The van der Waals surface area contributed by atoms with Crippen LogP contribution in [0.25, 0.3) is 16.2 Å². The van der Waals surface area contributed by atoms with Crippen molar-refractivity contribution in [3.05, 3.63) is 58.3 Å². The van der Waals surface area contributed by atoms with E-state index in [0.717, 1.165) is 15.0 Å². The Hall–Kier alpha value is -2.44. The van der Waals surface area contributed by atoms with E-state index in [-0.39, 0.29) is 5.91 Å². The first-order valence-corrected chi connectivity index (χ1v) is 8.51. The Balaban J connectivity index is 1.90. The molecule has 23 heavy (non-hydrogen) atoms. The summed E-state index contributed by atoms with van der Waals surface area (Å²) in [7, 11) is 1.33. The van der Waals surface area contributed by atoms with Crippen molar-refractivity contribution < 1.29 is 14.3 Å². The number of anilines is 1. The summed E-state index contributed by atoms with van der Waals surface area (Å²) in [6.45, 7) is 0. The number of thiophene rings is 2. The number of nitrogens with one attached hydrogen (secondary N) is 1. The van der Waals surface area contributed by atoms with Crippen LogP contribution in [0, 0.1) is 0 Å². The molecular weight excluding hydrogens is 330 g/mol. The predicted molar refractivity (Wildman–Crippen MR) is 95.1 cm³/mol. The van der Waals surface area contributed by atoms with Crippen molar-refractivity contribution in [2.45, 2.75) is 0 Å². The topological polar surface area (TPSA) is 55.4 Å². The van der Waals surface area contributed by atoms with E-state index in [9.17, 15) is 9.59 Å². The lowest BCUT2D eigenvalue weighted by Gasteiger charge is -2.03. The highest BCUT2D eigenvalue weighted by Crippen LogP contribution is 2.36. The summed E-state index contributed by atoms with van der Waals surface area (Å²) in [6.07, 6.45) is 3.20. The van der Waals surface area contributed by atoms with E-state index in [2.05, 4.69) is 5.32 Å². The molecule has 3 rings (SSSR count). The first-order valence-electron chi connectivity index (χ1n) is 6.81. The van der Waals surface area contributed by atoms with E-state index in [1.165, 1.54) is 24.5 Å². The maximum absolute atomic E-state index is 12.1. The number of carbonyl (C=O) groups excluding carboxylic acids is 2. The zero-order valence-corrected chi connectivity index (χ0v) is 13.9. The van der Waals surface area contributed by atoms with Gasteiger partial charge in [-0.1, -0.05) is 24.3 Å². The van der Waals surface area contributed by atoms with Gasteiger partial charge in [-0.3, -0.25) is 4.79 Å². The Bertz CT molecular complexity index is 879. The third-order valence-corrected chi connectivity index (χ3v) is 5.09. The maximum Gasteiger partial charge on any atom is 0.341 e. The minimum atomic E-state index is -0.458. The van der Waals surface area contributed by atoms with Gasteiger partial charge in [0.2, 0.25) is 5.91 Å². The third-order valence-electron chi connectivity index (χ3n) is 3.16. The fraction of sp³-hybridized carbons (Fsp3) is 0.0588. The fourth-order valence-electron chi connectivity index (χ4n) is 2.14. The lowest BCUT2D eigenvalue weighted by molar-refractivity contribution is -0.111. The summed E-state index contributed by atoms with van der Waals surface area (Å²) < 4.78 is 5.77. The summed E-state index contributed by atoms with van der Waals surface area (Å²) in [5.41, 5.74) is 0.394. The number of amides is 1. The van der Waals surface area contributed by atoms with Gasteiger partial charge in [-0.2, -0.15) is 0 Å². The van der Waals surface area contributed by atoms with Crippen molar-refractivity contribution >= 4 is 55.7 Å². The highest BCUT2D eigenvalue weighted by Gasteiger charge is 2.20. The number of ether oxygens (including phenoxy) is 1. The molecule has 0 spiro atoms. The van der Waals surface area contributed by atoms with Gasteiger partial charge in [0, 0.05) is 21.0 Å². The van der Waals surface area contributed by atoms with Crippen LogP contribution in [0.1, 0.15) is 15.2 Å². The highest BCUT2D eigenvalue weighted by molar-refractivity contribution is 7.23. The van der Waals surface area contributed by atoms with Gasteiger partial charge in [-0.05, 0) is 23.6 Å². The first-order chi connectivity index (χ1) is 11.2. The molecule has 1 aromatic carbocycles. The van der Waals surface area contributed by atoms with Crippen molar-refractivity contribution in [2.75, 3.05) is 12.4 Å². The second-order valence-electron chi connectivity index (χ2n) is 4.63. The van der Waals surface area contributed by atoms with E-state index in [4.69, 9.17) is 4.74 Å². The fourth-order valence-corrected chi connectivity index (χ4v) is 3.85. The molecule has 1 amide bonds. The van der Waals surface area contributed by atoms with Crippen LogP contribution in [-0.4, -0.2) is 19.0 Å². The van der Waals surface area contributed by atoms with E-state index < -0.39 is 5.97 Å². The van der Waals surface area contributed by atoms with Crippen LogP contribution >= 0.6 is 22.7 Å². The van der Waals surface area contributed by atoms with Gasteiger partial charge < -0.3 is 10.1 Å². The predicted octanol–water partition coefficient (Wildman–Crippen LogP) is 4.40. The second kappa shape index (κ2) is 6.76. The average Bonchev–Trinajstić information content (AvgIpc) is 3.19. The molecule has 0 saturated heterocycles. The number of benzene rings is 1. The molecule has 2 aromatic heterocycles. The summed E-state index contributed by atoms with van der Waals surface area (Å²) in [4.78, 5) is 25.2. The van der Waals surface area contributed by atoms with E-state index >= 15 is 0 Å². The van der Waals surface area contributed by atoms with Crippen LogP contribution in [-0.2, 0) is 9.53 Å². The minimum absolute atomic E-state index is 0.282. The Kier molecular flexibility index (Phi) is 4.55. The lowest BCUT2D eigenvalue weighted by atomic mass is 10.1. The van der Waals surface area contributed by atoms with Gasteiger partial charge in [0.1, 0.15) is 10.6 Å². The normalized spacial score (nSPS) is 11.0. The highest BCUT2D eigenvalue weighted by atomic mass is 32.1. The van der Waals surface area contributed by atoms with Gasteiger partial charge in [0.25, 0.3) is 0 Å². The maximum atomic E-state index is 12.1. The number of hydrogen-bond acceptors (Lipinski definition) is 5. The zero-order chi connectivity index (χ0) is 16.2. The van der Waals surface area contributed by atoms with Crippen LogP contribution in [0.2, 0.25) is 0 Å². The summed E-state index contributed by atoms with van der Waals surface area (Å²) in [6, 6.07) is 11.3. The number of carbonyl (C=O) groups is 2. The molecule has 0 unspecified atom stereocenters. The van der Waals surface area contributed by atoms with Crippen molar-refractivity contribution in [1.82, 2.24) is 0 Å². The van der Waals surface area contributed by atoms with E-state index in [1.54, 1.807) is 17.4 Å². The first kappa shape index (κ1) is 15.5. The molecule has 4 nitrogen and oxygen atoms in total. The molecule has 2 heterocycles. The third kappa shape index (κ3) is 3.33. The molecule has 0 aliphatic rings.